The quantitative estimate of drug-likeness (QED) is 0.562. The van der Waals surface area contributed by atoms with E-state index in [0.29, 0.717) is 30.4 Å². The van der Waals surface area contributed by atoms with Crippen molar-refractivity contribution < 1.29 is 19.4 Å². The summed E-state index contributed by atoms with van der Waals surface area (Å²) in [6.07, 6.45) is 1.28. The van der Waals surface area contributed by atoms with E-state index in [9.17, 15) is 0 Å². The molecule has 1 heterocycles. The minimum Gasteiger partial charge on any atom is -0.399 e. The van der Waals surface area contributed by atoms with Crippen LogP contribution in [0.25, 0.3) is 0 Å². The van der Waals surface area contributed by atoms with E-state index in [4.69, 9.17) is 19.4 Å². The van der Waals surface area contributed by atoms with Crippen LogP contribution in [0, 0.1) is 0 Å². The van der Waals surface area contributed by atoms with Gasteiger partial charge < -0.3 is 14.5 Å². The molecule has 0 spiro atoms. The Morgan fingerprint density at radius 3 is 2.73 bits per heavy atom. The van der Waals surface area contributed by atoms with Crippen LogP contribution in [-0.2, 0) is 19.4 Å². The van der Waals surface area contributed by atoms with Crippen LogP contribution < -0.4 is 5.48 Å². The molecule has 1 aliphatic rings. The maximum Gasteiger partial charge on any atom is 0.175 e. The number of rotatable bonds is 8. The average molecular weight is 361 g/mol. The summed E-state index contributed by atoms with van der Waals surface area (Å²) in [5.74, 6) is 0.497. The topological polar surface area (TPSA) is 98.4 Å². The molecule has 1 aromatic rings. The van der Waals surface area contributed by atoms with Crippen LogP contribution >= 0.6 is 0 Å². The molecule has 1 unspecified atom stereocenters. The second-order valence-electron chi connectivity index (χ2n) is 5.29. The van der Waals surface area contributed by atoms with E-state index in [-0.39, 0.29) is 6.10 Å². The fourth-order valence-electron chi connectivity index (χ4n) is 2.09. The highest BCUT2D eigenvalue weighted by atomic mass is 16.7. The number of hydrogen-bond donors (Lipinski definition) is 1. The standard InChI is InChI=1S/C17H23N5O4/c1-12(20-23-3)13(2)26-19-11-14-7-5-6-8-15(14)16(21-24-4)17-18-9-10-25-22-17/h5-8,11,13H,9-10H2,1-4H3,(H,18,22)/b19-11+,20-12+,21-16+. The smallest absolute Gasteiger partial charge is 0.175 e. The zero-order chi connectivity index (χ0) is 18.8. The zero-order valence-corrected chi connectivity index (χ0v) is 15.3. The lowest BCUT2D eigenvalue weighted by Crippen LogP contribution is -2.37. The molecule has 0 aromatic heterocycles. The molecular weight excluding hydrogens is 338 g/mol. The number of nitrogens with one attached hydrogen (secondary N) is 1. The van der Waals surface area contributed by atoms with Crippen molar-refractivity contribution in [3.8, 4) is 0 Å². The van der Waals surface area contributed by atoms with Crippen LogP contribution in [0.15, 0.2) is 44.7 Å². The van der Waals surface area contributed by atoms with Gasteiger partial charge in [0.15, 0.2) is 17.7 Å². The third kappa shape index (κ3) is 5.28. The maximum atomic E-state index is 5.42. The maximum absolute atomic E-state index is 5.42. The monoisotopic (exact) mass is 361 g/mol. The largest absolute Gasteiger partial charge is 0.399 e. The lowest BCUT2D eigenvalue weighted by atomic mass is 10.0. The first-order valence-corrected chi connectivity index (χ1v) is 8.07. The molecule has 0 bridgehead atoms. The van der Waals surface area contributed by atoms with E-state index in [2.05, 4.69) is 25.9 Å². The van der Waals surface area contributed by atoms with Crippen molar-refractivity contribution in [2.24, 2.45) is 20.5 Å². The van der Waals surface area contributed by atoms with Crippen LogP contribution in [0.3, 0.4) is 0 Å². The Kier molecular flexibility index (Phi) is 7.56. The van der Waals surface area contributed by atoms with E-state index in [1.807, 2.05) is 31.2 Å². The third-order valence-electron chi connectivity index (χ3n) is 3.49. The summed E-state index contributed by atoms with van der Waals surface area (Å²) in [6, 6.07) is 7.56. The minimum absolute atomic E-state index is 0.316. The number of amidine groups is 1. The van der Waals surface area contributed by atoms with Crippen molar-refractivity contribution in [1.29, 1.82) is 0 Å². The summed E-state index contributed by atoms with van der Waals surface area (Å²) in [5.41, 5.74) is 5.51. The van der Waals surface area contributed by atoms with Crippen LogP contribution in [-0.4, -0.2) is 56.9 Å². The predicted molar refractivity (Wildman–Crippen MR) is 99.6 cm³/mol. The molecule has 9 heteroatoms. The number of oxime groups is 3. The Bertz CT molecular complexity index is 715. The van der Waals surface area contributed by atoms with Gasteiger partial charge in [-0.3, -0.25) is 9.83 Å². The summed E-state index contributed by atoms with van der Waals surface area (Å²) in [5, 5.41) is 11.9. The number of aliphatic imine (C=N–C) groups is 1. The fraction of sp³-hybridized carbons (Fsp3) is 0.412. The lowest BCUT2D eigenvalue weighted by molar-refractivity contribution is 0.0836. The number of nitrogens with zero attached hydrogens (tertiary/aromatic N) is 4. The molecule has 1 aromatic carbocycles. The summed E-state index contributed by atoms with van der Waals surface area (Å²) >= 11 is 0. The van der Waals surface area contributed by atoms with Crippen LogP contribution in [0.1, 0.15) is 25.0 Å². The molecule has 26 heavy (non-hydrogen) atoms. The summed E-state index contributed by atoms with van der Waals surface area (Å²) in [4.78, 5) is 24.7. The fourth-order valence-corrected chi connectivity index (χ4v) is 2.09. The van der Waals surface area contributed by atoms with Gasteiger partial charge in [-0.2, -0.15) is 0 Å². The molecule has 2 rings (SSSR count). The summed E-state index contributed by atoms with van der Waals surface area (Å²) < 4.78 is 0. The van der Waals surface area contributed by atoms with Crippen LogP contribution in [0.4, 0.5) is 0 Å². The van der Waals surface area contributed by atoms with Gasteiger partial charge in [-0.05, 0) is 13.8 Å². The summed E-state index contributed by atoms with van der Waals surface area (Å²) in [7, 11) is 2.96. The van der Waals surface area contributed by atoms with Gasteiger partial charge in [0, 0.05) is 11.1 Å². The molecule has 0 fully saturated rings. The third-order valence-corrected chi connectivity index (χ3v) is 3.49. The number of benzene rings is 1. The number of hydrogen-bond acceptors (Lipinski definition) is 9. The van der Waals surface area contributed by atoms with Gasteiger partial charge in [0.2, 0.25) is 0 Å². The van der Waals surface area contributed by atoms with E-state index < -0.39 is 0 Å². The molecule has 0 saturated heterocycles. The predicted octanol–water partition coefficient (Wildman–Crippen LogP) is 1.73. The molecule has 0 saturated carbocycles. The van der Waals surface area contributed by atoms with Gasteiger partial charge in [-0.15, -0.1) is 0 Å². The SMILES string of the molecule is CO/N=C(/C1=NCCON1)c1ccccc1/C=N/OC(C)/C(C)=N/OC. The van der Waals surface area contributed by atoms with Crippen molar-refractivity contribution in [1.82, 2.24) is 5.48 Å². The molecule has 0 aliphatic carbocycles. The first-order valence-electron chi connectivity index (χ1n) is 8.07. The minimum atomic E-state index is -0.316. The zero-order valence-electron chi connectivity index (χ0n) is 15.3. The van der Waals surface area contributed by atoms with E-state index in [1.54, 1.807) is 13.1 Å². The highest BCUT2D eigenvalue weighted by molar-refractivity contribution is 6.48. The van der Waals surface area contributed by atoms with Gasteiger partial charge in [-0.1, -0.05) is 39.7 Å². The Labute approximate surface area is 152 Å². The molecule has 1 N–H and O–H groups in total. The Morgan fingerprint density at radius 2 is 2.04 bits per heavy atom. The van der Waals surface area contributed by atoms with Crippen molar-refractivity contribution in [3.63, 3.8) is 0 Å². The second-order valence-corrected chi connectivity index (χ2v) is 5.29. The molecule has 9 nitrogen and oxygen atoms in total. The van der Waals surface area contributed by atoms with E-state index in [1.165, 1.54) is 14.2 Å². The van der Waals surface area contributed by atoms with Gasteiger partial charge in [0.05, 0.1) is 25.1 Å². The van der Waals surface area contributed by atoms with Crippen molar-refractivity contribution in [2.75, 3.05) is 27.4 Å². The number of hydroxylamine groups is 1. The summed E-state index contributed by atoms with van der Waals surface area (Å²) in [6.45, 7) is 4.67. The van der Waals surface area contributed by atoms with Gasteiger partial charge in [0.25, 0.3) is 0 Å². The lowest BCUT2D eigenvalue weighted by Gasteiger charge is -2.16. The Balaban J connectivity index is 2.23. The van der Waals surface area contributed by atoms with Crippen LogP contribution in [0.2, 0.25) is 0 Å². The molecule has 0 amide bonds. The first kappa shape index (κ1) is 19.4. The van der Waals surface area contributed by atoms with Gasteiger partial charge >= 0.3 is 0 Å². The Morgan fingerprint density at radius 1 is 1.27 bits per heavy atom. The molecule has 1 aliphatic heterocycles. The highest BCUT2D eigenvalue weighted by Gasteiger charge is 2.18. The van der Waals surface area contributed by atoms with Crippen molar-refractivity contribution >= 4 is 23.5 Å². The van der Waals surface area contributed by atoms with Gasteiger partial charge in [0.1, 0.15) is 14.2 Å². The van der Waals surface area contributed by atoms with Crippen molar-refractivity contribution in [3.05, 3.63) is 35.4 Å². The molecule has 1 atom stereocenters. The molecule has 0 radical (unpaired) electrons. The molecule has 140 valence electrons. The Hall–Kier alpha value is -2.94. The first-order chi connectivity index (χ1) is 12.7. The van der Waals surface area contributed by atoms with Crippen LogP contribution in [0.5, 0.6) is 0 Å². The highest BCUT2D eigenvalue weighted by Crippen LogP contribution is 2.11. The normalized spacial score (nSPS) is 16.7. The molecular formula is C17H23N5O4. The average Bonchev–Trinajstić information content (AvgIpc) is 2.67. The second kappa shape index (κ2) is 10.1. The van der Waals surface area contributed by atoms with Gasteiger partial charge in [-0.25, -0.2) is 5.48 Å². The van der Waals surface area contributed by atoms with E-state index >= 15 is 0 Å². The van der Waals surface area contributed by atoms with E-state index in [0.717, 1.165) is 11.1 Å². The van der Waals surface area contributed by atoms with Crippen molar-refractivity contribution in [2.45, 2.75) is 20.0 Å².